The number of carboxylic acids is 4. The van der Waals surface area contributed by atoms with Gasteiger partial charge in [0.25, 0.3) is 0 Å². The van der Waals surface area contributed by atoms with E-state index in [1.54, 1.807) is 24.3 Å². The molecule has 426 valence electrons. The van der Waals surface area contributed by atoms with Crippen LogP contribution in [0.25, 0.3) is 5.57 Å². The van der Waals surface area contributed by atoms with Crippen molar-refractivity contribution < 1.29 is 58.6 Å². The molecule has 0 aliphatic heterocycles. The summed E-state index contributed by atoms with van der Waals surface area (Å²) < 4.78 is 22.2. The first-order valence-electron chi connectivity index (χ1n) is 28.4. The third-order valence-corrected chi connectivity index (χ3v) is 20.1. The van der Waals surface area contributed by atoms with Gasteiger partial charge in [-0.25, -0.2) is 19.2 Å². The van der Waals surface area contributed by atoms with Crippen molar-refractivity contribution in [2.75, 3.05) is 28.4 Å². The largest absolute Gasteiger partial charge is 0.496 e. The quantitative estimate of drug-likeness (QED) is 0.0584. The standard InChI is InChI=1S/C65H80Cl2O12/c1-35(2)12-10-13-36(3)51-18-19-52-46-17-16-44-26-37(20-22-64(44,4)53(46)21-23-65(51,52)5)14-11-15-45(40-31-42(56(76-6)49(33-40)62(72)73)24-38-27-47(60(68)69)58(78-8)54(66)29-38)41-32-43(57(77-7)50(34-41)63(74)75)25-39-28-48(61(70)71)59(79-9)55(67)30-39/h15,27-37,44,46,51-53H,10-14,16-26H2,1-9H3,(H,68,69)(H,70,71)(H,72,73)(H,74,75)/t36?,37-,44?,46?,51+,52?,53?,64-,65+/m0/s1. The van der Waals surface area contributed by atoms with Crippen molar-refractivity contribution in [1.29, 1.82) is 0 Å². The van der Waals surface area contributed by atoms with E-state index in [4.69, 9.17) is 42.1 Å². The molecule has 4 aromatic carbocycles. The van der Waals surface area contributed by atoms with E-state index in [-0.39, 0.29) is 68.1 Å². The van der Waals surface area contributed by atoms with Crippen molar-refractivity contribution in [1.82, 2.24) is 0 Å². The van der Waals surface area contributed by atoms with Gasteiger partial charge in [-0.05, 0) is 216 Å². The molecule has 4 aromatic rings. The number of ether oxygens (including phenoxy) is 4. The van der Waals surface area contributed by atoms with Gasteiger partial charge in [-0.15, -0.1) is 0 Å². The molecule has 14 heteroatoms. The molecular weight excluding hydrogens is 1040 g/mol. The molecule has 4 aliphatic carbocycles. The van der Waals surface area contributed by atoms with E-state index in [1.165, 1.54) is 117 Å². The molecule has 0 aromatic heterocycles. The van der Waals surface area contributed by atoms with Crippen molar-refractivity contribution >= 4 is 52.7 Å². The van der Waals surface area contributed by atoms with Crippen LogP contribution in [0.1, 0.15) is 199 Å². The third-order valence-electron chi connectivity index (χ3n) is 19.6. The van der Waals surface area contributed by atoms with Gasteiger partial charge in [-0.3, -0.25) is 0 Å². The van der Waals surface area contributed by atoms with E-state index in [9.17, 15) is 39.6 Å². The number of benzene rings is 4. The van der Waals surface area contributed by atoms with Crippen LogP contribution in [0.15, 0.2) is 54.6 Å². The van der Waals surface area contributed by atoms with Crippen molar-refractivity contribution in [3.8, 4) is 23.0 Å². The Kier molecular flexibility index (Phi) is 18.5. The first-order chi connectivity index (χ1) is 37.6. The van der Waals surface area contributed by atoms with Crippen LogP contribution in [-0.4, -0.2) is 72.7 Å². The average molecular weight is 1120 g/mol. The number of aromatic carboxylic acids is 4. The molecule has 0 saturated heterocycles. The van der Waals surface area contributed by atoms with Crippen LogP contribution in [0.5, 0.6) is 23.0 Å². The third kappa shape index (κ3) is 12.0. The lowest BCUT2D eigenvalue weighted by atomic mass is 9.44. The lowest BCUT2D eigenvalue weighted by Crippen LogP contribution is -2.53. The van der Waals surface area contributed by atoms with Gasteiger partial charge < -0.3 is 39.4 Å². The summed E-state index contributed by atoms with van der Waals surface area (Å²) in [6.07, 6.45) is 19.0. The van der Waals surface area contributed by atoms with Gasteiger partial charge in [0, 0.05) is 12.8 Å². The van der Waals surface area contributed by atoms with E-state index in [1.807, 2.05) is 0 Å². The van der Waals surface area contributed by atoms with Gasteiger partial charge in [0.2, 0.25) is 0 Å². The SMILES string of the molecule is COc1c(Cl)cc(Cc2cc(C(=CCC[C@H]3CC[C@@]4(C)C(CCC5C4CC[C@@]4(C)C5CC[C@@H]4C(C)CCCC(C)C)C3)c3cc(Cc4cc(Cl)c(OC)c(C(=O)O)c4)c(OC)c(C(=O)O)c3)cc(C(=O)O)c2OC)cc1C(=O)O. The molecule has 0 spiro atoms. The molecular formula is C65H80Cl2O12. The summed E-state index contributed by atoms with van der Waals surface area (Å²) in [5, 5.41) is 41.9. The zero-order valence-electron chi connectivity index (χ0n) is 47.4. The lowest BCUT2D eigenvalue weighted by Gasteiger charge is -2.61. The molecule has 4 fully saturated rings. The van der Waals surface area contributed by atoms with Crippen molar-refractivity contribution in [3.63, 3.8) is 0 Å². The maximum atomic E-state index is 13.3. The lowest BCUT2D eigenvalue weighted by molar-refractivity contribution is -0.121. The molecule has 9 atom stereocenters. The fraction of sp³-hybridized carbons (Fsp3) is 0.538. The monoisotopic (exact) mass is 1120 g/mol. The molecule has 8 rings (SSSR count). The molecule has 4 aliphatic rings. The minimum atomic E-state index is -1.27. The second kappa shape index (κ2) is 24.6. The Labute approximate surface area is 476 Å². The number of hydrogen-bond donors (Lipinski definition) is 4. The minimum Gasteiger partial charge on any atom is -0.496 e. The van der Waals surface area contributed by atoms with E-state index in [0.717, 1.165) is 54.8 Å². The Hall–Kier alpha value is -5.72. The summed E-state index contributed by atoms with van der Waals surface area (Å²) in [7, 11) is 5.40. The zero-order chi connectivity index (χ0) is 57.2. The summed E-state index contributed by atoms with van der Waals surface area (Å²) >= 11 is 13.2. The van der Waals surface area contributed by atoms with Gasteiger partial charge >= 0.3 is 23.9 Å². The van der Waals surface area contributed by atoms with Gasteiger partial charge in [0.15, 0.2) is 11.5 Å². The van der Waals surface area contributed by atoms with Gasteiger partial charge in [0.1, 0.15) is 33.8 Å². The Bertz CT molecular complexity index is 2850. The Morgan fingerprint density at radius 1 is 0.595 bits per heavy atom. The molecule has 12 nitrogen and oxygen atoms in total. The fourth-order valence-electron chi connectivity index (χ4n) is 15.9. The summed E-state index contributed by atoms with van der Waals surface area (Å²) in [4.78, 5) is 51.3. The minimum absolute atomic E-state index is 0.00909. The molecule has 4 N–H and O–H groups in total. The van der Waals surface area contributed by atoms with Gasteiger partial charge in [-0.1, -0.05) is 83.2 Å². The fourth-order valence-corrected chi connectivity index (χ4v) is 16.6. The highest BCUT2D eigenvalue weighted by molar-refractivity contribution is 6.33. The Morgan fingerprint density at radius 3 is 1.56 bits per heavy atom. The molecule has 4 saturated carbocycles. The molecule has 0 amide bonds. The van der Waals surface area contributed by atoms with Gasteiger partial charge in [0.05, 0.1) is 38.5 Å². The van der Waals surface area contributed by atoms with Crippen LogP contribution >= 0.6 is 23.2 Å². The first-order valence-corrected chi connectivity index (χ1v) is 29.1. The summed E-state index contributed by atoms with van der Waals surface area (Å²) in [6.45, 7) is 12.5. The van der Waals surface area contributed by atoms with Crippen molar-refractivity contribution in [2.45, 2.75) is 137 Å². The smallest absolute Gasteiger partial charge is 0.339 e. The maximum Gasteiger partial charge on any atom is 0.339 e. The van der Waals surface area contributed by atoms with Crippen molar-refractivity contribution in [2.24, 2.45) is 58.2 Å². The van der Waals surface area contributed by atoms with Crippen LogP contribution in [0, 0.1) is 58.2 Å². The highest BCUT2D eigenvalue weighted by atomic mass is 35.5. The number of carboxylic acid groups (broad SMARTS) is 4. The van der Waals surface area contributed by atoms with E-state index < -0.39 is 23.9 Å². The van der Waals surface area contributed by atoms with E-state index in [2.05, 4.69) is 40.7 Å². The van der Waals surface area contributed by atoms with E-state index >= 15 is 0 Å². The number of carbonyl (C=O) groups is 4. The second-order valence-electron chi connectivity index (χ2n) is 24.3. The Balaban J connectivity index is 1.15. The maximum absolute atomic E-state index is 13.3. The number of allylic oxidation sites excluding steroid dienone is 1. The van der Waals surface area contributed by atoms with Crippen LogP contribution in [0.2, 0.25) is 10.0 Å². The predicted octanol–water partition coefficient (Wildman–Crippen LogP) is 16.0. The Morgan fingerprint density at radius 2 is 1.08 bits per heavy atom. The molecule has 0 heterocycles. The predicted molar refractivity (Wildman–Crippen MR) is 308 cm³/mol. The number of hydrogen-bond acceptors (Lipinski definition) is 8. The number of rotatable bonds is 22. The summed E-state index contributed by atoms with van der Waals surface area (Å²) in [5.41, 5.74) is 3.30. The molecule has 79 heavy (non-hydrogen) atoms. The van der Waals surface area contributed by atoms with Crippen molar-refractivity contribution in [3.05, 3.63) is 120 Å². The first kappa shape index (κ1) is 59.4. The summed E-state index contributed by atoms with van der Waals surface area (Å²) in [5.74, 6) is 0.861. The van der Waals surface area contributed by atoms with Crippen LogP contribution in [-0.2, 0) is 12.8 Å². The second-order valence-corrected chi connectivity index (χ2v) is 25.2. The topological polar surface area (TPSA) is 186 Å². The van der Waals surface area contributed by atoms with Crippen LogP contribution < -0.4 is 18.9 Å². The van der Waals surface area contributed by atoms with E-state index in [0.29, 0.717) is 68.0 Å². The highest BCUT2D eigenvalue weighted by Crippen LogP contribution is 2.69. The highest BCUT2D eigenvalue weighted by Gasteiger charge is 2.60. The number of methoxy groups -OCH3 is 4. The molecule has 0 radical (unpaired) electrons. The number of halogens is 2. The van der Waals surface area contributed by atoms with Crippen LogP contribution in [0.3, 0.4) is 0 Å². The molecule has 0 bridgehead atoms. The average Bonchev–Trinajstić information content (AvgIpc) is 3.83. The van der Waals surface area contributed by atoms with Gasteiger partial charge in [-0.2, -0.15) is 0 Å². The van der Waals surface area contributed by atoms with Crippen LogP contribution in [0.4, 0.5) is 0 Å². The zero-order valence-corrected chi connectivity index (χ0v) is 49.0. The summed E-state index contributed by atoms with van der Waals surface area (Å²) in [6, 6.07) is 12.6. The number of fused-ring (bicyclic) bond motifs is 5. The normalized spacial score (nSPS) is 24.6. The molecule has 5 unspecified atom stereocenters.